The molecule has 0 aliphatic rings. The predicted molar refractivity (Wildman–Crippen MR) is 141 cm³/mol. The van der Waals surface area contributed by atoms with Crippen molar-refractivity contribution in [2.45, 2.75) is 40.0 Å². The smallest absolute Gasteiger partial charge is 0.268 e. The summed E-state index contributed by atoms with van der Waals surface area (Å²) in [6, 6.07) is 15.2. The fraction of sp³-hybridized carbons (Fsp3) is 0.333. The molecule has 0 aliphatic carbocycles. The number of aryl methyl sites for hydroxylation is 1. The summed E-state index contributed by atoms with van der Waals surface area (Å²) >= 11 is 1.23. The van der Waals surface area contributed by atoms with Gasteiger partial charge in [-0.1, -0.05) is 49.4 Å². The summed E-state index contributed by atoms with van der Waals surface area (Å²) in [7, 11) is 0. The van der Waals surface area contributed by atoms with Gasteiger partial charge in [-0.25, -0.2) is 0 Å². The lowest BCUT2D eigenvalue weighted by molar-refractivity contribution is -0.112. The van der Waals surface area contributed by atoms with Crippen LogP contribution < -0.4 is 19.5 Å². The van der Waals surface area contributed by atoms with Crippen LogP contribution >= 0.6 is 11.3 Å². The molecule has 0 radical (unpaired) electrons. The first-order valence-electron chi connectivity index (χ1n) is 11.8. The summed E-state index contributed by atoms with van der Waals surface area (Å²) in [6.07, 6.45) is 2.52. The molecule has 36 heavy (non-hydrogen) atoms. The minimum absolute atomic E-state index is 0.0626. The first-order chi connectivity index (χ1) is 17.4. The van der Waals surface area contributed by atoms with Crippen molar-refractivity contribution in [3.8, 4) is 23.3 Å². The molecule has 1 N–H and O–H groups in total. The maximum absolute atomic E-state index is 12.5. The standard InChI is InChI=1S/C27H30N4O4S/c1-5-18(3)22-9-7-8-10-23(22)34-13-14-35-24-12-11-20(16-25(24)33-6-2)15-21(17-28)26(32)29-27-31-30-19(4)36-27/h7-12,15-16,18H,5-6,13-14H2,1-4H3,(H,29,31,32). The monoisotopic (exact) mass is 506 g/mol. The van der Waals surface area contributed by atoms with Crippen molar-refractivity contribution in [1.82, 2.24) is 10.2 Å². The number of nitriles is 1. The summed E-state index contributed by atoms with van der Waals surface area (Å²) in [4.78, 5) is 12.5. The Morgan fingerprint density at radius 2 is 1.83 bits per heavy atom. The molecule has 8 nitrogen and oxygen atoms in total. The number of rotatable bonds is 12. The quantitative estimate of drug-likeness (QED) is 0.189. The maximum atomic E-state index is 12.5. The van der Waals surface area contributed by atoms with Crippen molar-refractivity contribution in [2.75, 3.05) is 25.1 Å². The number of anilines is 1. The number of carbonyl (C=O) groups is 1. The molecule has 0 fully saturated rings. The SMILES string of the molecule is CCOc1cc(C=C(C#N)C(=O)Nc2nnc(C)s2)ccc1OCCOc1ccccc1C(C)CC. The average molecular weight is 507 g/mol. The van der Waals surface area contributed by atoms with Crippen LogP contribution in [0.2, 0.25) is 0 Å². The molecule has 1 amide bonds. The number of nitrogens with zero attached hydrogens (tertiary/aromatic N) is 3. The van der Waals surface area contributed by atoms with Gasteiger partial charge in [-0.05, 0) is 61.6 Å². The second-order valence-corrected chi connectivity index (χ2v) is 9.12. The Morgan fingerprint density at radius 1 is 1.08 bits per heavy atom. The summed E-state index contributed by atoms with van der Waals surface area (Å²) in [6.45, 7) is 9.14. The van der Waals surface area contributed by atoms with E-state index in [9.17, 15) is 10.1 Å². The van der Waals surface area contributed by atoms with E-state index in [0.29, 0.717) is 47.9 Å². The molecule has 188 valence electrons. The molecular weight excluding hydrogens is 476 g/mol. The van der Waals surface area contributed by atoms with Crippen LogP contribution in [-0.4, -0.2) is 35.9 Å². The van der Waals surface area contributed by atoms with Gasteiger partial charge in [0, 0.05) is 0 Å². The molecule has 3 aromatic rings. The number of benzene rings is 2. The highest BCUT2D eigenvalue weighted by Crippen LogP contribution is 2.31. The number of nitrogens with one attached hydrogen (secondary N) is 1. The lowest BCUT2D eigenvalue weighted by Crippen LogP contribution is -2.13. The minimum atomic E-state index is -0.554. The number of carbonyl (C=O) groups excluding carboxylic acids is 1. The molecule has 0 bridgehead atoms. The molecular formula is C27H30N4O4S. The highest BCUT2D eigenvalue weighted by molar-refractivity contribution is 7.15. The van der Waals surface area contributed by atoms with E-state index >= 15 is 0 Å². The molecule has 0 saturated heterocycles. The number of aromatic nitrogens is 2. The normalized spacial score (nSPS) is 11.9. The van der Waals surface area contributed by atoms with Gasteiger partial charge < -0.3 is 14.2 Å². The first kappa shape index (κ1) is 26.7. The van der Waals surface area contributed by atoms with Crippen molar-refractivity contribution < 1.29 is 19.0 Å². The first-order valence-corrected chi connectivity index (χ1v) is 12.6. The Labute approximate surface area is 215 Å². The van der Waals surface area contributed by atoms with E-state index in [1.807, 2.05) is 31.2 Å². The van der Waals surface area contributed by atoms with Crippen molar-refractivity contribution in [1.29, 1.82) is 5.26 Å². The Morgan fingerprint density at radius 3 is 2.50 bits per heavy atom. The van der Waals surface area contributed by atoms with Gasteiger partial charge in [0.15, 0.2) is 11.5 Å². The van der Waals surface area contributed by atoms with E-state index < -0.39 is 5.91 Å². The van der Waals surface area contributed by atoms with E-state index in [4.69, 9.17) is 14.2 Å². The average Bonchev–Trinajstić information content (AvgIpc) is 3.30. The highest BCUT2D eigenvalue weighted by Gasteiger charge is 2.14. The maximum Gasteiger partial charge on any atom is 0.268 e. The molecule has 1 atom stereocenters. The number of ether oxygens (including phenoxy) is 3. The van der Waals surface area contributed by atoms with Crippen molar-refractivity contribution >= 4 is 28.5 Å². The van der Waals surface area contributed by atoms with Crippen molar-refractivity contribution in [3.05, 3.63) is 64.2 Å². The van der Waals surface area contributed by atoms with E-state index in [1.165, 1.54) is 23.0 Å². The van der Waals surface area contributed by atoms with Gasteiger partial charge in [0.05, 0.1) is 6.61 Å². The Balaban J connectivity index is 1.66. The predicted octanol–water partition coefficient (Wildman–Crippen LogP) is 5.76. The molecule has 1 heterocycles. The van der Waals surface area contributed by atoms with Gasteiger partial charge in [0.1, 0.15) is 35.6 Å². The Bertz CT molecular complexity index is 1250. The van der Waals surface area contributed by atoms with Crippen LogP contribution in [0.1, 0.15) is 49.2 Å². The van der Waals surface area contributed by atoms with Crippen molar-refractivity contribution in [3.63, 3.8) is 0 Å². The number of hydrogen-bond donors (Lipinski definition) is 1. The third-order valence-electron chi connectivity index (χ3n) is 5.35. The Hall–Kier alpha value is -3.90. The fourth-order valence-electron chi connectivity index (χ4n) is 3.37. The van der Waals surface area contributed by atoms with Gasteiger partial charge in [-0.2, -0.15) is 5.26 Å². The van der Waals surface area contributed by atoms with Crippen LogP contribution in [0.4, 0.5) is 5.13 Å². The molecule has 2 aromatic carbocycles. The second kappa shape index (κ2) is 13.3. The van der Waals surface area contributed by atoms with E-state index in [1.54, 1.807) is 25.1 Å². The van der Waals surface area contributed by atoms with E-state index in [0.717, 1.165) is 17.2 Å². The van der Waals surface area contributed by atoms with Crippen LogP contribution in [-0.2, 0) is 4.79 Å². The molecule has 1 aromatic heterocycles. The topological polar surface area (TPSA) is 106 Å². The van der Waals surface area contributed by atoms with Crippen LogP contribution in [0, 0.1) is 18.3 Å². The number of amides is 1. The highest BCUT2D eigenvalue weighted by atomic mass is 32.1. The molecule has 3 rings (SSSR count). The van der Waals surface area contributed by atoms with Gasteiger partial charge in [0.25, 0.3) is 5.91 Å². The summed E-state index contributed by atoms with van der Waals surface area (Å²) in [5.74, 6) is 1.80. The Kier molecular flexibility index (Phi) is 9.83. The zero-order valence-electron chi connectivity index (χ0n) is 20.9. The molecule has 0 spiro atoms. The van der Waals surface area contributed by atoms with E-state index in [-0.39, 0.29) is 5.57 Å². The van der Waals surface area contributed by atoms with Crippen LogP contribution in [0.3, 0.4) is 0 Å². The van der Waals surface area contributed by atoms with Crippen LogP contribution in [0.5, 0.6) is 17.2 Å². The summed E-state index contributed by atoms with van der Waals surface area (Å²) < 4.78 is 17.6. The third-order valence-corrected chi connectivity index (χ3v) is 6.11. The van der Waals surface area contributed by atoms with Crippen LogP contribution in [0.15, 0.2) is 48.0 Å². The van der Waals surface area contributed by atoms with Gasteiger partial charge in [0.2, 0.25) is 5.13 Å². The van der Waals surface area contributed by atoms with Gasteiger partial charge in [-0.3, -0.25) is 10.1 Å². The number of hydrogen-bond acceptors (Lipinski definition) is 8. The lowest BCUT2D eigenvalue weighted by Gasteiger charge is -2.16. The minimum Gasteiger partial charge on any atom is -0.490 e. The fourth-order valence-corrected chi connectivity index (χ4v) is 3.96. The molecule has 9 heteroatoms. The van der Waals surface area contributed by atoms with E-state index in [2.05, 4.69) is 35.4 Å². The second-order valence-electron chi connectivity index (χ2n) is 7.93. The summed E-state index contributed by atoms with van der Waals surface area (Å²) in [5.41, 5.74) is 1.75. The molecule has 0 saturated carbocycles. The van der Waals surface area contributed by atoms with Crippen molar-refractivity contribution in [2.24, 2.45) is 0 Å². The van der Waals surface area contributed by atoms with Gasteiger partial charge in [-0.15, -0.1) is 10.2 Å². The molecule has 0 aliphatic heterocycles. The molecule has 1 unspecified atom stereocenters. The van der Waals surface area contributed by atoms with Gasteiger partial charge >= 0.3 is 0 Å². The number of para-hydroxylation sites is 1. The van der Waals surface area contributed by atoms with Crippen LogP contribution in [0.25, 0.3) is 6.08 Å². The largest absolute Gasteiger partial charge is 0.490 e. The summed E-state index contributed by atoms with van der Waals surface area (Å²) in [5, 5.41) is 20.9. The lowest BCUT2D eigenvalue weighted by atomic mass is 9.98. The third kappa shape index (κ3) is 7.30. The zero-order valence-corrected chi connectivity index (χ0v) is 21.7. The zero-order chi connectivity index (χ0) is 25.9.